The van der Waals surface area contributed by atoms with Crippen molar-refractivity contribution in [2.24, 2.45) is 0 Å². The molecule has 0 spiro atoms. The van der Waals surface area contributed by atoms with E-state index in [2.05, 4.69) is 5.32 Å². The Morgan fingerprint density at radius 3 is 2.58 bits per heavy atom. The van der Waals surface area contributed by atoms with Crippen LogP contribution in [0.5, 0.6) is 0 Å². The highest BCUT2D eigenvalue weighted by atomic mass is 32.1. The SMILES string of the molecule is CN(Cc1cccs1)C(=O)NC(CC(=O)O)C(=O)O. The highest BCUT2D eigenvalue weighted by Gasteiger charge is 2.24. The van der Waals surface area contributed by atoms with Crippen LogP contribution in [-0.4, -0.2) is 46.2 Å². The van der Waals surface area contributed by atoms with Crippen molar-refractivity contribution in [2.45, 2.75) is 19.0 Å². The third kappa shape index (κ3) is 4.96. The summed E-state index contributed by atoms with van der Waals surface area (Å²) in [5, 5.41) is 21.4. The van der Waals surface area contributed by atoms with Crippen LogP contribution in [0.1, 0.15) is 11.3 Å². The number of carboxylic acids is 2. The van der Waals surface area contributed by atoms with Gasteiger partial charge in [-0.15, -0.1) is 11.3 Å². The third-order valence-electron chi connectivity index (χ3n) is 2.29. The molecule has 0 aliphatic rings. The van der Waals surface area contributed by atoms with Crippen LogP contribution in [0.25, 0.3) is 0 Å². The number of carboxylic acid groups (broad SMARTS) is 2. The number of rotatable bonds is 6. The van der Waals surface area contributed by atoms with Crippen molar-refractivity contribution in [3.8, 4) is 0 Å². The van der Waals surface area contributed by atoms with Crippen molar-refractivity contribution in [3.63, 3.8) is 0 Å². The topological polar surface area (TPSA) is 107 Å². The molecule has 2 amide bonds. The lowest BCUT2D eigenvalue weighted by Gasteiger charge is -2.20. The van der Waals surface area contributed by atoms with E-state index in [0.29, 0.717) is 6.54 Å². The molecule has 19 heavy (non-hydrogen) atoms. The van der Waals surface area contributed by atoms with Gasteiger partial charge in [-0.05, 0) is 11.4 Å². The second kappa shape index (κ2) is 6.74. The Balaban J connectivity index is 2.56. The number of hydrogen-bond acceptors (Lipinski definition) is 4. The first-order valence-electron chi connectivity index (χ1n) is 5.38. The Bertz CT molecular complexity index is 460. The first-order chi connectivity index (χ1) is 8.90. The average Bonchev–Trinajstić information content (AvgIpc) is 2.79. The van der Waals surface area contributed by atoms with E-state index in [9.17, 15) is 14.4 Å². The average molecular weight is 286 g/mol. The molecule has 104 valence electrons. The molecule has 1 rings (SSSR count). The fourth-order valence-electron chi connectivity index (χ4n) is 1.34. The molecule has 0 aromatic carbocycles. The minimum atomic E-state index is -1.43. The van der Waals surface area contributed by atoms with Crippen LogP contribution in [0.4, 0.5) is 4.79 Å². The van der Waals surface area contributed by atoms with Crippen molar-refractivity contribution < 1.29 is 24.6 Å². The van der Waals surface area contributed by atoms with E-state index in [1.54, 1.807) is 0 Å². The smallest absolute Gasteiger partial charge is 0.326 e. The zero-order chi connectivity index (χ0) is 14.4. The van der Waals surface area contributed by atoms with Gasteiger partial charge in [-0.2, -0.15) is 0 Å². The molecule has 7 nitrogen and oxygen atoms in total. The van der Waals surface area contributed by atoms with Crippen molar-refractivity contribution in [1.29, 1.82) is 0 Å². The van der Waals surface area contributed by atoms with Gasteiger partial charge in [-0.1, -0.05) is 6.07 Å². The summed E-state index contributed by atoms with van der Waals surface area (Å²) in [6.07, 6.45) is -0.659. The number of thiophene rings is 1. The number of aliphatic carboxylic acids is 2. The second-order valence-electron chi connectivity index (χ2n) is 3.87. The summed E-state index contributed by atoms with van der Waals surface area (Å²) in [7, 11) is 1.51. The van der Waals surface area contributed by atoms with E-state index in [4.69, 9.17) is 10.2 Å². The maximum atomic E-state index is 11.7. The summed E-state index contributed by atoms with van der Waals surface area (Å²) >= 11 is 1.47. The largest absolute Gasteiger partial charge is 0.481 e. The Morgan fingerprint density at radius 1 is 1.42 bits per heavy atom. The van der Waals surface area contributed by atoms with Gasteiger partial charge in [0.15, 0.2) is 0 Å². The Kier molecular flexibility index (Phi) is 5.31. The molecule has 0 radical (unpaired) electrons. The highest BCUT2D eigenvalue weighted by molar-refractivity contribution is 7.09. The van der Waals surface area contributed by atoms with Gasteiger partial charge in [-0.25, -0.2) is 9.59 Å². The van der Waals surface area contributed by atoms with E-state index < -0.39 is 30.4 Å². The lowest BCUT2D eigenvalue weighted by molar-refractivity contribution is -0.145. The molecular weight excluding hydrogens is 272 g/mol. The summed E-state index contributed by atoms with van der Waals surface area (Å²) in [5.41, 5.74) is 0. The molecule has 0 aliphatic carbocycles. The second-order valence-corrected chi connectivity index (χ2v) is 4.91. The molecular formula is C11H14N2O5S. The fourth-order valence-corrected chi connectivity index (χ4v) is 2.10. The van der Waals surface area contributed by atoms with E-state index in [-0.39, 0.29) is 0 Å². The van der Waals surface area contributed by atoms with Crippen molar-refractivity contribution in [1.82, 2.24) is 10.2 Å². The van der Waals surface area contributed by atoms with Crippen LogP contribution in [0.15, 0.2) is 17.5 Å². The monoisotopic (exact) mass is 286 g/mol. The highest BCUT2D eigenvalue weighted by Crippen LogP contribution is 2.10. The lowest BCUT2D eigenvalue weighted by atomic mass is 10.2. The quantitative estimate of drug-likeness (QED) is 0.717. The molecule has 0 saturated heterocycles. The number of amides is 2. The van der Waals surface area contributed by atoms with Crippen LogP contribution < -0.4 is 5.32 Å². The molecule has 8 heteroatoms. The number of carbonyl (C=O) groups excluding carboxylic acids is 1. The first-order valence-corrected chi connectivity index (χ1v) is 6.26. The van der Waals surface area contributed by atoms with Gasteiger partial charge >= 0.3 is 18.0 Å². The molecule has 3 N–H and O–H groups in total. The zero-order valence-corrected chi connectivity index (χ0v) is 11.0. The maximum absolute atomic E-state index is 11.7. The molecule has 1 heterocycles. The van der Waals surface area contributed by atoms with Crippen molar-refractivity contribution in [2.75, 3.05) is 7.05 Å². The molecule has 1 unspecified atom stereocenters. The molecule has 1 aromatic heterocycles. The number of hydrogen-bond donors (Lipinski definition) is 3. The maximum Gasteiger partial charge on any atom is 0.326 e. The van der Waals surface area contributed by atoms with Crippen LogP contribution >= 0.6 is 11.3 Å². The Labute approximate surface area is 113 Å². The van der Waals surface area contributed by atoms with E-state index in [0.717, 1.165) is 4.88 Å². The summed E-state index contributed by atoms with van der Waals surface area (Å²) in [6.45, 7) is 0.336. The normalized spacial score (nSPS) is 11.6. The Hall–Kier alpha value is -2.09. The zero-order valence-electron chi connectivity index (χ0n) is 10.2. The predicted octanol–water partition coefficient (Wildman–Crippen LogP) is 0.817. The fraction of sp³-hybridized carbons (Fsp3) is 0.364. The van der Waals surface area contributed by atoms with Crippen molar-refractivity contribution in [3.05, 3.63) is 22.4 Å². The van der Waals surface area contributed by atoms with E-state index >= 15 is 0 Å². The number of carbonyl (C=O) groups is 3. The molecule has 0 aliphatic heterocycles. The lowest BCUT2D eigenvalue weighted by Crippen LogP contribution is -2.47. The molecule has 0 bridgehead atoms. The van der Waals surface area contributed by atoms with Gasteiger partial charge < -0.3 is 20.4 Å². The third-order valence-corrected chi connectivity index (χ3v) is 3.16. The Morgan fingerprint density at radius 2 is 2.11 bits per heavy atom. The minimum absolute atomic E-state index is 0.336. The molecule has 0 saturated carbocycles. The van der Waals surface area contributed by atoms with E-state index in [1.165, 1.54) is 23.3 Å². The summed E-state index contributed by atoms with van der Waals surface area (Å²) in [5.74, 6) is -2.66. The van der Waals surface area contributed by atoms with Crippen molar-refractivity contribution >= 4 is 29.3 Å². The summed E-state index contributed by atoms with van der Waals surface area (Å²) < 4.78 is 0. The van der Waals surface area contributed by atoms with Gasteiger partial charge in [0.25, 0.3) is 0 Å². The van der Waals surface area contributed by atoms with Gasteiger partial charge in [-0.3, -0.25) is 4.79 Å². The van der Waals surface area contributed by atoms with Gasteiger partial charge in [0.1, 0.15) is 6.04 Å². The number of urea groups is 1. The van der Waals surface area contributed by atoms with Crippen LogP contribution in [0.3, 0.4) is 0 Å². The molecule has 1 atom stereocenters. The number of nitrogens with zero attached hydrogens (tertiary/aromatic N) is 1. The summed E-state index contributed by atoms with van der Waals surface area (Å²) in [4.78, 5) is 35.3. The first kappa shape index (κ1) is 15.0. The molecule has 1 aromatic rings. The number of nitrogens with one attached hydrogen (secondary N) is 1. The summed E-state index contributed by atoms with van der Waals surface area (Å²) in [6, 6.07) is 1.63. The van der Waals surface area contributed by atoms with Gasteiger partial charge in [0, 0.05) is 11.9 Å². The van der Waals surface area contributed by atoms with Gasteiger partial charge in [0.05, 0.1) is 13.0 Å². The van der Waals surface area contributed by atoms with Crippen LogP contribution in [-0.2, 0) is 16.1 Å². The van der Waals surface area contributed by atoms with Crippen LogP contribution in [0, 0.1) is 0 Å². The van der Waals surface area contributed by atoms with Gasteiger partial charge in [0.2, 0.25) is 0 Å². The minimum Gasteiger partial charge on any atom is -0.481 e. The van der Waals surface area contributed by atoms with Crippen LogP contribution in [0.2, 0.25) is 0 Å². The predicted molar refractivity (Wildman–Crippen MR) is 68.0 cm³/mol. The molecule has 0 fully saturated rings. The standard InChI is InChI=1S/C11H14N2O5S/c1-13(6-7-3-2-4-19-7)11(18)12-8(10(16)17)5-9(14)15/h2-4,8H,5-6H2,1H3,(H,12,18)(H,14,15)(H,16,17). The van der Waals surface area contributed by atoms with E-state index in [1.807, 2.05) is 17.5 Å².